The van der Waals surface area contributed by atoms with E-state index in [0.717, 1.165) is 62.8 Å². The van der Waals surface area contributed by atoms with Gasteiger partial charge < -0.3 is 9.47 Å². The molecule has 1 amide bonds. The van der Waals surface area contributed by atoms with Crippen LogP contribution in [0.5, 0.6) is 0 Å². The van der Waals surface area contributed by atoms with Crippen molar-refractivity contribution in [2.24, 2.45) is 5.92 Å². The van der Waals surface area contributed by atoms with Crippen LogP contribution < -0.4 is 4.72 Å². The van der Waals surface area contributed by atoms with Crippen LogP contribution in [-0.4, -0.2) is 42.4 Å². The second kappa shape index (κ2) is 11.3. The molecule has 1 N–H and O–H groups in total. The van der Waals surface area contributed by atoms with E-state index in [1.807, 2.05) is 16.4 Å². The van der Waals surface area contributed by atoms with Crippen LogP contribution in [0.1, 0.15) is 93.8 Å². The van der Waals surface area contributed by atoms with Crippen LogP contribution in [0.25, 0.3) is 11.3 Å². The zero-order chi connectivity index (χ0) is 28.6. The molecule has 10 heteroatoms. The summed E-state index contributed by atoms with van der Waals surface area (Å²) in [6, 6.07) is 5.07. The van der Waals surface area contributed by atoms with E-state index < -0.39 is 32.2 Å². The lowest BCUT2D eigenvalue weighted by atomic mass is 9.89. The first kappa shape index (κ1) is 29.6. The van der Waals surface area contributed by atoms with Crippen molar-refractivity contribution in [3.8, 4) is 11.3 Å². The van der Waals surface area contributed by atoms with Gasteiger partial charge in [-0.3, -0.25) is 4.79 Å². The molecule has 1 saturated carbocycles. The summed E-state index contributed by atoms with van der Waals surface area (Å²) in [5, 5.41) is 0. The molecule has 1 aliphatic heterocycles. The summed E-state index contributed by atoms with van der Waals surface area (Å²) in [6.07, 6.45) is 3.56. The smallest absolute Gasteiger partial charge is 0.344 e. The molecule has 0 atom stereocenters. The van der Waals surface area contributed by atoms with E-state index in [0.29, 0.717) is 36.8 Å². The first-order valence-corrected chi connectivity index (χ1v) is 15.4. The van der Waals surface area contributed by atoms with Crippen LogP contribution in [0.15, 0.2) is 29.2 Å². The Morgan fingerprint density at radius 1 is 0.974 bits per heavy atom. The van der Waals surface area contributed by atoms with Crippen molar-refractivity contribution in [3.05, 3.63) is 41.1 Å². The number of carbonyl (C=O) groups is 1. The van der Waals surface area contributed by atoms with Gasteiger partial charge in [-0.15, -0.1) is 0 Å². The van der Waals surface area contributed by atoms with E-state index in [4.69, 9.17) is 0 Å². The highest BCUT2D eigenvalue weighted by atomic mass is 32.2. The molecular weight excluding hydrogens is 527 g/mol. The van der Waals surface area contributed by atoms with Crippen LogP contribution in [0.2, 0.25) is 0 Å². The van der Waals surface area contributed by atoms with Crippen molar-refractivity contribution in [2.75, 3.05) is 13.1 Å². The zero-order valence-corrected chi connectivity index (χ0v) is 24.1. The van der Waals surface area contributed by atoms with E-state index in [-0.39, 0.29) is 11.5 Å². The minimum absolute atomic E-state index is 0.0968. The maximum absolute atomic E-state index is 14.3. The largest absolute Gasteiger partial charge is 0.417 e. The number of nitrogens with one attached hydrogen (secondary N) is 1. The highest BCUT2D eigenvalue weighted by Gasteiger charge is 2.39. The molecular formula is C29H40F3N3O3S. The fourth-order valence-electron chi connectivity index (χ4n) is 5.83. The highest BCUT2D eigenvalue weighted by Crippen LogP contribution is 2.39. The number of hydrogen-bond acceptors (Lipinski definition) is 3. The standard InChI is InChI=1S/C29H40F3N3O3S/c1-20-23(27(36)34-15-9-6-10-16-34)18-25(35(20)19-21-11-7-5-8-12-21)22-13-14-26(24(17-22)29(30,31)32)39(37,38)33-28(2,3)4/h13-14,17-18,21,33H,5-12,15-16,19H2,1-4H3. The summed E-state index contributed by atoms with van der Waals surface area (Å²) < 4.78 is 73.0. The van der Waals surface area contributed by atoms with Crippen LogP contribution >= 0.6 is 0 Å². The van der Waals surface area contributed by atoms with Crippen molar-refractivity contribution in [3.63, 3.8) is 0 Å². The van der Waals surface area contributed by atoms with Gasteiger partial charge in [0.2, 0.25) is 10.0 Å². The van der Waals surface area contributed by atoms with E-state index in [2.05, 4.69) is 4.72 Å². The molecule has 1 aromatic heterocycles. The fraction of sp³-hybridized carbons (Fsp3) is 0.621. The number of piperidine rings is 1. The maximum atomic E-state index is 14.3. The lowest BCUT2D eigenvalue weighted by Gasteiger charge is -2.27. The second-order valence-corrected chi connectivity index (χ2v) is 13.7. The number of likely N-dealkylation sites (tertiary alicyclic amines) is 1. The number of nitrogens with zero attached hydrogens (tertiary/aromatic N) is 2. The van der Waals surface area contributed by atoms with Gasteiger partial charge in [0.1, 0.15) is 0 Å². The third-order valence-electron chi connectivity index (χ3n) is 7.72. The van der Waals surface area contributed by atoms with Gasteiger partial charge in [-0.05, 0) is 89.5 Å². The lowest BCUT2D eigenvalue weighted by molar-refractivity contribution is -0.139. The molecule has 1 saturated heterocycles. The number of hydrogen-bond donors (Lipinski definition) is 1. The quantitative estimate of drug-likeness (QED) is 0.419. The third-order valence-corrected chi connectivity index (χ3v) is 9.53. The Hall–Kier alpha value is -2.33. The molecule has 1 aromatic carbocycles. The van der Waals surface area contributed by atoms with E-state index in [1.54, 1.807) is 26.8 Å². The number of carbonyl (C=O) groups excluding carboxylic acids is 1. The molecule has 39 heavy (non-hydrogen) atoms. The Bertz CT molecular complexity index is 1300. The Kier molecular flexibility index (Phi) is 8.57. The SMILES string of the molecule is Cc1c(C(=O)N2CCCCC2)cc(-c2ccc(S(=O)(=O)NC(C)(C)C)c(C(F)(F)F)c2)n1CC1CCCCC1. The first-order chi connectivity index (χ1) is 18.2. The summed E-state index contributed by atoms with van der Waals surface area (Å²) in [5.74, 6) is 0.278. The molecule has 1 aliphatic carbocycles. The predicted octanol–water partition coefficient (Wildman–Crippen LogP) is 6.77. The molecule has 2 fully saturated rings. The lowest BCUT2D eigenvalue weighted by Crippen LogP contribution is -2.41. The highest BCUT2D eigenvalue weighted by molar-refractivity contribution is 7.89. The van der Waals surface area contributed by atoms with Crippen LogP contribution in [0.3, 0.4) is 0 Å². The fourth-order valence-corrected chi connectivity index (χ4v) is 7.46. The topological polar surface area (TPSA) is 71.4 Å². The first-order valence-electron chi connectivity index (χ1n) is 13.9. The summed E-state index contributed by atoms with van der Waals surface area (Å²) >= 11 is 0. The van der Waals surface area contributed by atoms with Gasteiger partial charge in [0.25, 0.3) is 5.91 Å². The maximum Gasteiger partial charge on any atom is 0.417 e. The third kappa shape index (κ3) is 6.88. The number of benzene rings is 1. The number of sulfonamides is 1. The molecule has 4 rings (SSSR count). The predicted molar refractivity (Wildman–Crippen MR) is 146 cm³/mol. The summed E-state index contributed by atoms with van der Waals surface area (Å²) in [4.78, 5) is 14.5. The number of amides is 1. The van der Waals surface area contributed by atoms with E-state index in [9.17, 15) is 26.4 Å². The van der Waals surface area contributed by atoms with Crippen molar-refractivity contribution in [1.82, 2.24) is 14.2 Å². The molecule has 0 spiro atoms. The minimum atomic E-state index is -4.89. The van der Waals surface area contributed by atoms with Crippen molar-refractivity contribution in [1.29, 1.82) is 0 Å². The van der Waals surface area contributed by atoms with Gasteiger partial charge in [0, 0.05) is 36.6 Å². The second-order valence-electron chi connectivity index (χ2n) is 12.1. The molecule has 2 aliphatic rings. The Labute approximate surface area is 230 Å². The molecule has 216 valence electrons. The summed E-state index contributed by atoms with van der Waals surface area (Å²) in [6.45, 7) is 8.55. The Balaban J connectivity index is 1.83. The molecule has 0 radical (unpaired) electrons. The van der Waals surface area contributed by atoms with Gasteiger partial charge in [0.05, 0.1) is 16.0 Å². The summed E-state index contributed by atoms with van der Waals surface area (Å²) in [5.41, 5.74) is -0.169. The van der Waals surface area contributed by atoms with Gasteiger partial charge >= 0.3 is 6.18 Å². The molecule has 6 nitrogen and oxygen atoms in total. The van der Waals surface area contributed by atoms with E-state index >= 15 is 0 Å². The Morgan fingerprint density at radius 3 is 2.18 bits per heavy atom. The van der Waals surface area contributed by atoms with E-state index in [1.165, 1.54) is 12.5 Å². The minimum Gasteiger partial charge on any atom is -0.344 e. The van der Waals surface area contributed by atoms with Gasteiger partial charge in [0.15, 0.2) is 0 Å². The molecule has 2 heterocycles. The van der Waals surface area contributed by atoms with Crippen LogP contribution in [0.4, 0.5) is 13.2 Å². The van der Waals surface area contributed by atoms with Crippen molar-refractivity contribution < 1.29 is 26.4 Å². The zero-order valence-electron chi connectivity index (χ0n) is 23.3. The number of rotatable bonds is 6. The average Bonchev–Trinajstić information content (AvgIpc) is 3.18. The number of aromatic nitrogens is 1. The molecule has 0 bridgehead atoms. The van der Waals surface area contributed by atoms with Crippen molar-refractivity contribution in [2.45, 2.75) is 102 Å². The number of alkyl halides is 3. The number of halogens is 3. The van der Waals surface area contributed by atoms with Gasteiger partial charge in [-0.25, -0.2) is 13.1 Å². The summed E-state index contributed by atoms with van der Waals surface area (Å²) in [7, 11) is -4.43. The van der Waals surface area contributed by atoms with Gasteiger partial charge in [-0.1, -0.05) is 25.3 Å². The molecule has 2 aromatic rings. The normalized spacial score (nSPS) is 18.0. The van der Waals surface area contributed by atoms with Crippen LogP contribution in [-0.2, 0) is 22.7 Å². The van der Waals surface area contributed by atoms with Crippen molar-refractivity contribution >= 4 is 15.9 Å². The Morgan fingerprint density at radius 2 is 1.59 bits per heavy atom. The van der Waals surface area contributed by atoms with Crippen LogP contribution in [0, 0.1) is 12.8 Å². The average molecular weight is 568 g/mol. The molecule has 0 unspecified atom stereocenters. The monoisotopic (exact) mass is 567 g/mol. The van der Waals surface area contributed by atoms with Gasteiger partial charge in [-0.2, -0.15) is 13.2 Å².